The molecule has 156 valence electrons. The molecule has 1 heterocycles. The molecule has 1 aliphatic carbocycles. The number of nitrogens with two attached hydrogens (primary N) is 1. The van der Waals surface area contributed by atoms with E-state index >= 15 is 0 Å². The Hall–Kier alpha value is -1.96. The van der Waals surface area contributed by atoms with E-state index in [1.165, 1.54) is 18.9 Å². The van der Waals surface area contributed by atoms with Crippen LogP contribution < -0.4 is 15.4 Å². The van der Waals surface area contributed by atoms with Crippen LogP contribution in [0.5, 0.6) is 0 Å². The lowest BCUT2D eigenvalue weighted by atomic mass is 9.86. The fourth-order valence-corrected chi connectivity index (χ4v) is 5.32. The minimum atomic E-state index is -3.66. The average Bonchev–Trinajstić information content (AvgIpc) is 3.18. The average molecular weight is 418 g/mol. The third-order valence-electron chi connectivity index (χ3n) is 6.34. The van der Waals surface area contributed by atoms with Crippen LogP contribution in [0.25, 0.3) is 0 Å². The predicted octanol–water partition coefficient (Wildman–Crippen LogP) is 3.50. The molecule has 0 bridgehead atoms. The largest absolute Gasteiger partial charge is 0.371 e. The van der Waals surface area contributed by atoms with Crippen molar-refractivity contribution in [2.75, 3.05) is 18.0 Å². The summed E-state index contributed by atoms with van der Waals surface area (Å²) in [6.07, 6.45) is 6.41. The van der Waals surface area contributed by atoms with Crippen molar-refractivity contribution in [3.63, 3.8) is 0 Å². The summed E-state index contributed by atoms with van der Waals surface area (Å²) in [4.78, 5) is 2.41. The fourth-order valence-electron chi connectivity index (χ4n) is 4.80. The summed E-state index contributed by atoms with van der Waals surface area (Å²) >= 11 is 0. The maximum absolute atomic E-state index is 13.8. The van der Waals surface area contributed by atoms with Crippen LogP contribution in [0.1, 0.15) is 44.1 Å². The fraction of sp³-hybridized carbons (Fsp3) is 0.455. The molecule has 0 aromatic heterocycles. The number of anilines is 1. The normalized spacial score (nSPS) is 20.1. The summed E-state index contributed by atoms with van der Waals surface area (Å²) in [5.74, 6) is -0.173. The number of halogens is 1. The van der Waals surface area contributed by atoms with Gasteiger partial charge in [-0.1, -0.05) is 25.0 Å². The van der Waals surface area contributed by atoms with Gasteiger partial charge in [0.25, 0.3) is 0 Å². The van der Waals surface area contributed by atoms with Crippen molar-refractivity contribution in [3.05, 3.63) is 59.9 Å². The SMILES string of the molecule is NS(=O)(=O)c1ccc(N2CCC(NC3(c4cccc(F)c4)CCCC3)CC2)cc1. The first-order chi connectivity index (χ1) is 13.9. The molecule has 0 unspecified atom stereocenters. The highest BCUT2D eigenvalue weighted by Gasteiger charge is 2.38. The first kappa shape index (κ1) is 20.3. The summed E-state index contributed by atoms with van der Waals surface area (Å²) in [7, 11) is -3.66. The molecule has 2 aromatic rings. The molecule has 0 amide bonds. The van der Waals surface area contributed by atoms with Gasteiger partial charge in [0.2, 0.25) is 10.0 Å². The highest BCUT2D eigenvalue weighted by Crippen LogP contribution is 2.40. The number of hydrogen-bond acceptors (Lipinski definition) is 4. The molecule has 1 saturated carbocycles. The Morgan fingerprint density at radius 3 is 2.28 bits per heavy atom. The van der Waals surface area contributed by atoms with Gasteiger partial charge in [0.05, 0.1) is 4.90 Å². The summed E-state index contributed by atoms with van der Waals surface area (Å²) in [5.41, 5.74) is 1.96. The van der Waals surface area contributed by atoms with Crippen LogP contribution in [0.3, 0.4) is 0 Å². The van der Waals surface area contributed by atoms with E-state index in [-0.39, 0.29) is 16.3 Å². The molecular weight excluding hydrogens is 389 g/mol. The molecule has 2 aromatic carbocycles. The zero-order chi connectivity index (χ0) is 20.5. The van der Waals surface area contributed by atoms with Crippen LogP contribution in [0, 0.1) is 5.82 Å². The third-order valence-corrected chi connectivity index (χ3v) is 7.27. The van der Waals surface area contributed by atoms with Crippen molar-refractivity contribution in [2.45, 2.75) is 55.0 Å². The Bertz CT molecular complexity index is 948. The Labute approximate surface area is 172 Å². The van der Waals surface area contributed by atoms with Crippen LogP contribution in [-0.2, 0) is 15.6 Å². The van der Waals surface area contributed by atoms with Crippen molar-refractivity contribution in [3.8, 4) is 0 Å². The second-order valence-corrected chi connectivity index (χ2v) is 9.81. The predicted molar refractivity (Wildman–Crippen MR) is 113 cm³/mol. The van der Waals surface area contributed by atoms with E-state index < -0.39 is 10.0 Å². The van der Waals surface area contributed by atoms with E-state index in [0.29, 0.717) is 6.04 Å². The molecule has 4 rings (SSSR count). The lowest BCUT2D eigenvalue weighted by Gasteiger charge is -2.40. The topological polar surface area (TPSA) is 75.4 Å². The number of nitrogens with zero attached hydrogens (tertiary/aromatic N) is 1. The standard InChI is InChI=1S/C22H28FN3O2S/c23-18-5-3-4-17(16-18)22(12-1-2-13-22)25-19-10-14-26(15-11-19)20-6-8-21(9-7-20)29(24,27)28/h3-9,16,19,25H,1-2,10-15H2,(H2,24,27,28). The van der Waals surface area contributed by atoms with Gasteiger partial charge in [-0.3, -0.25) is 0 Å². The smallest absolute Gasteiger partial charge is 0.238 e. The maximum Gasteiger partial charge on any atom is 0.238 e. The first-order valence-corrected chi connectivity index (χ1v) is 11.8. The Balaban J connectivity index is 1.41. The summed E-state index contributed by atoms with van der Waals surface area (Å²) in [5, 5.41) is 9.06. The summed E-state index contributed by atoms with van der Waals surface area (Å²) in [6, 6.07) is 14.2. The molecule has 7 heteroatoms. The van der Waals surface area contributed by atoms with Crippen molar-refractivity contribution in [1.82, 2.24) is 5.32 Å². The molecule has 5 nitrogen and oxygen atoms in total. The van der Waals surface area contributed by atoms with Gasteiger partial charge in [0, 0.05) is 30.4 Å². The molecule has 1 saturated heterocycles. The first-order valence-electron chi connectivity index (χ1n) is 10.3. The highest BCUT2D eigenvalue weighted by molar-refractivity contribution is 7.89. The van der Waals surface area contributed by atoms with Gasteiger partial charge in [-0.2, -0.15) is 0 Å². The van der Waals surface area contributed by atoms with Gasteiger partial charge in [-0.15, -0.1) is 0 Å². The van der Waals surface area contributed by atoms with Crippen LogP contribution in [0.15, 0.2) is 53.4 Å². The number of rotatable bonds is 5. The van der Waals surface area contributed by atoms with E-state index in [4.69, 9.17) is 5.14 Å². The molecule has 29 heavy (non-hydrogen) atoms. The number of nitrogens with one attached hydrogen (secondary N) is 1. The van der Waals surface area contributed by atoms with E-state index in [1.807, 2.05) is 18.2 Å². The number of piperidine rings is 1. The monoisotopic (exact) mass is 417 g/mol. The van der Waals surface area contributed by atoms with Crippen LogP contribution in [0.4, 0.5) is 10.1 Å². The van der Waals surface area contributed by atoms with Crippen molar-refractivity contribution in [2.24, 2.45) is 5.14 Å². The zero-order valence-electron chi connectivity index (χ0n) is 16.5. The van der Waals surface area contributed by atoms with E-state index in [1.54, 1.807) is 24.3 Å². The van der Waals surface area contributed by atoms with E-state index in [2.05, 4.69) is 10.2 Å². The number of sulfonamides is 1. The number of primary sulfonamides is 1. The van der Waals surface area contributed by atoms with Gasteiger partial charge in [-0.25, -0.2) is 17.9 Å². The molecule has 1 aliphatic heterocycles. The van der Waals surface area contributed by atoms with Crippen LogP contribution >= 0.6 is 0 Å². The Morgan fingerprint density at radius 1 is 1.03 bits per heavy atom. The zero-order valence-corrected chi connectivity index (χ0v) is 17.3. The molecule has 3 N–H and O–H groups in total. The quantitative estimate of drug-likeness (QED) is 0.781. The number of benzene rings is 2. The lowest BCUT2D eigenvalue weighted by Crippen LogP contribution is -2.50. The minimum Gasteiger partial charge on any atom is -0.371 e. The molecule has 0 spiro atoms. The molecule has 0 atom stereocenters. The molecule has 2 fully saturated rings. The van der Waals surface area contributed by atoms with Gasteiger partial charge in [0.15, 0.2) is 0 Å². The Morgan fingerprint density at radius 2 is 1.69 bits per heavy atom. The molecule has 2 aliphatic rings. The van der Waals surface area contributed by atoms with Crippen LogP contribution in [-0.4, -0.2) is 27.5 Å². The lowest BCUT2D eigenvalue weighted by molar-refractivity contribution is 0.265. The second kappa shape index (κ2) is 8.05. The van der Waals surface area contributed by atoms with Gasteiger partial charge < -0.3 is 10.2 Å². The van der Waals surface area contributed by atoms with E-state index in [0.717, 1.165) is 50.0 Å². The molecular formula is C22H28FN3O2S. The van der Waals surface area contributed by atoms with Crippen LogP contribution in [0.2, 0.25) is 0 Å². The summed E-state index contributed by atoms with van der Waals surface area (Å²) < 4.78 is 36.7. The van der Waals surface area contributed by atoms with Crippen molar-refractivity contribution in [1.29, 1.82) is 0 Å². The minimum absolute atomic E-state index is 0.119. The van der Waals surface area contributed by atoms with E-state index in [9.17, 15) is 12.8 Å². The maximum atomic E-state index is 13.8. The molecule has 0 radical (unpaired) electrons. The number of hydrogen-bond donors (Lipinski definition) is 2. The van der Waals surface area contributed by atoms with Gasteiger partial charge >= 0.3 is 0 Å². The van der Waals surface area contributed by atoms with Crippen molar-refractivity contribution < 1.29 is 12.8 Å². The highest BCUT2D eigenvalue weighted by atomic mass is 32.2. The van der Waals surface area contributed by atoms with Gasteiger partial charge in [0.1, 0.15) is 5.82 Å². The van der Waals surface area contributed by atoms with Crippen molar-refractivity contribution >= 4 is 15.7 Å². The third kappa shape index (κ3) is 4.47. The summed E-state index contributed by atoms with van der Waals surface area (Å²) in [6.45, 7) is 1.79. The second-order valence-electron chi connectivity index (χ2n) is 8.24. The van der Waals surface area contributed by atoms with Gasteiger partial charge in [-0.05, 0) is 67.6 Å². The Kier molecular flexibility index (Phi) is 5.64.